The monoisotopic (exact) mass is 158 g/mol. The van der Waals surface area contributed by atoms with E-state index in [9.17, 15) is 9.59 Å². The molecule has 0 radical (unpaired) electrons. The number of nitrogens with one attached hydrogen (secondary N) is 2. The molecule has 0 aromatic heterocycles. The van der Waals surface area contributed by atoms with Crippen molar-refractivity contribution in [3.8, 4) is 0 Å². The van der Waals surface area contributed by atoms with Gasteiger partial charge in [0.2, 0.25) is 11.8 Å². The Labute approximate surface area is 66.4 Å². The second-order valence-corrected chi connectivity index (χ2v) is 2.48. The van der Waals surface area contributed by atoms with Crippen LogP contribution in [-0.4, -0.2) is 24.9 Å². The van der Waals surface area contributed by atoms with Crippen molar-refractivity contribution in [3.63, 3.8) is 0 Å². The number of carbonyl (C=O) groups is 2. The predicted molar refractivity (Wildman–Crippen MR) is 42.0 cm³/mol. The molecule has 0 saturated heterocycles. The molecule has 0 aliphatic heterocycles. The first kappa shape index (κ1) is 9.94. The fourth-order valence-electron chi connectivity index (χ4n) is 0.778. The molecule has 0 aliphatic rings. The summed E-state index contributed by atoms with van der Waals surface area (Å²) in [6.45, 7) is 3.22. The Hall–Kier alpha value is -1.06. The van der Waals surface area contributed by atoms with Gasteiger partial charge in [-0.2, -0.15) is 0 Å². The van der Waals surface area contributed by atoms with Crippen LogP contribution in [0.2, 0.25) is 0 Å². The average Bonchev–Trinajstić information content (AvgIpc) is 1.85. The van der Waals surface area contributed by atoms with E-state index in [1.807, 2.05) is 0 Å². The van der Waals surface area contributed by atoms with E-state index in [4.69, 9.17) is 0 Å². The third kappa shape index (κ3) is 5.39. The van der Waals surface area contributed by atoms with Gasteiger partial charge in [0.15, 0.2) is 0 Å². The van der Waals surface area contributed by atoms with E-state index in [1.54, 1.807) is 14.0 Å². The fourth-order valence-corrected chi connectivity index (χ4v) is 0.778. The van der Waals surface area contributed by atoms with Crippen molar-refractivity contribution in [3.05, 3.63) is 0 Å². The molecule has 11 heavy (non-hydrogen) atoms. The lowest BCUT2D eigenvalue weighted by Crippen LogP contribution is -2.35. The molecule has 2 N–H and O–H groups in total. The Bertz CT molecular complexity index is 157. The van der Waals surface area contributed by atoms with Gasteiger partial charge in [-0.25, -0.2) is 0 Å². The minimum Gasteiger partial charge on any atom is -0.359 e. The summed E-state index contributed by atoms with van der Waals surface area (Å²) in [5, 5.41) is 5.09. The molecule has 4 heteroatoms. The molecule has 0 rings (SSSR count). The Kier molecular flexibility index (Phi) is 4.26. The molecular weight excluding hydrogens is 144 g/mol. The first-order chi connectivity index (χ1) is 5.06. The quantitative estimate of drug-likeness (QED) is 0.589. The van der Waals surface area contributed by atoms with Gasteiger partial charge in [-0.15, -0.1) is 0 Å². The number of amides is 2. The van der Waals surface area contributed by atoms with Crippen molar-refractivity contribution in [2.75, 3.05) is 7.05 Å². The smallest absolute Gasteiger partial charge is 0.221 e. The van der Waals surface area contributed by atoms with E-state index in [2.05, 4.69) is 10.6 Å². The van der Waals surface area contributed by atoms with Gasteiger partial charge in [-0.1, -0.05) is 0 Å². The van der Waals surface area contributed by atoms with E-state index in [-0.39, 0.29) is 17.9 Å². The van der Waals surface area contributed by atoms with Gasteiger partial charge >= 0.3 is 0 Å². The van der Waals surface area contributed by atoms with Crippen molar-refractivity contribution >= 4 is 11.8 Å². The molecular formula is C7H14N2O2. The highest BCUT2D eigenvalue weighted by Gasteiger charge is 2.07. The van der Waals surface area contributed by atoms with E-state index in [1.165, 1.54) is 6.92 Å². The van der Waals surface area contributed by atoms with E-state index in [0.29, 0.717) is 6.42 Å². The molecule has 0 aromatic carbocycles. The fraction of sp³-hybridized carbons (Fsp3) is 0.714. The molecule has 0 aliphatic carbocycles. The molecule has 0 fully saturated rings. The van der Waals surface area contributed by atoms with Gasteiger partial charge in [0, 0.05) is 26.4 Å². The summed E-state index contributed by atoms with van der Waals surface area (Å²) in [6.07, 6.45) is 0.329. The third-order valence-corrected chi connectivity index (χ3v) is 1.22. The van der Waals surface area contributed by atoms with Crippen LogP contribution in [0.5, 0.6) is 0 Å². The van der Waals surface area contributed by atoms with E-state index < -0.39 is 0 Å². The number of carbonyl (C=O) groups excluding carboxylic acids is 2. The van der Waals surface area contributed by atoms with Crippen LogP contribution < -0.4 is 10.6 Å². The molecule has 0 saturated carbocycles. The molecule has 1 atom stereocenters. The van der Waals surface area contributed by atoms with Crippen molar-refractivity contribution in [2.24, 2.45) is 0 Å². The van der Waals surface area contributed by atoms with Gasteiger partial charge in [0.05, 0.1) is 0 Å². The first-order valence-corrected chi connectivity index (χ1v) is 3.54. The lowest BCUT2D eigenvalue weighted by molar-refractivity contribution is -0.122. The third-order valence-electron chi connectivity index (χ3n) is 1.22. The number of hydrogen-bond acceptors (Lipinski definition) is 2. The van der Waals surface area contributed by atoms with Crippen LogP contribution in [0.3, 0.4) is 0 Å². The van der Waals surface area contributed by atoms with E-state index in [0.717, 1.165) is 0 Å². The molecule has 2 amide bonds. The number of hydrogen-bond donors (Lipinski definition) is 2. The van der Waals surface area contributed by atoms with Gasteiger partial charge < -0.3 is 10.6 Å². The van der Waals surface area contributed by atoms with Crippen LogP contribution in [0, 0.1) is 0 Å². The zero-order valence-electron chi connectivity index (χ0n) is 7.10. The summed E-state index contributed by atoms with van der Waals surface area (Å²) < 4.78 is 0. The maximum Gasteiger partial charge on any atom is 0.221 e. The van der Waals surface area contributed by atoms with Crippen LogP contribution >= 0.6 is 0 Å². The largest absolute Gasteiger partial charge is 0.359 e. The summed E-state index contributed by atoms with van der Waals surface area (Å²) >= 11 is 0. The van der Waals surface area contributed by atoms with E-state index >= 15 is 0 Å². The molecule has 0 aromatic rings. The van der Waals surface area contributed by atoms with Crippen molar-refractivity contribution in [1.82, 2.24) is 10.6 Å². The normalized spacial score (nSPS) is 11.9. The second kappa shape index (κ2) is 4.71. The summed E-state index contributed by atoms with van der Waals surface area (Å²) in [4.78, 5) is 21.2. The van der Waals surface area contributed by atoms with Crippen LogP contribution in [0.1, 0.15) is 20.3 Å². The van der Waals surface area contributed by atoms with Gasteiger partial charge in [0.25, 0.3) is 0 Å². The zero-order chi connectivity index (χ0) is 8.85. The maximum atomic E-state index is 10.7. The second-order valence-electron chi connectivity index (χ2n) is 2.48. The average molecular weight is 158 g/mol. The lowest BCUT2D eigenvalue weighted by atomic mass is 10.2. The Morgan fingerprint density at radius 3 is 2.36 bits per heavy atom. The highest BCUT2D eigenvalue weighted by Crippen LogP contribution is 1.88. The molecule has 0 heterocycles. The Balaban J connectivity index is 3.60. The highest BCUT2D eigenvalue weighted by molar-refractivity contribution is 5.78. The molecule has 0 bridgehead atoms. The van der Waals surface area contributed by atoms with Crippen LogP contribution in [0.4, 0.5) is 0 Å². The van der Waals surface area contributed by atoms with Crippen LogP contribution in [0.15, 0.2) is 0 Å². The lowest BCUT2D eigenvalue weighted by Gasteiger charge is -2.10. The van der Waals surface area contributed by atoms with Gasteiger partial charge in [-0.3, -0.25) is 9.59 Å². The minimum atomic E-state index is -0.110. The highest BCUT2D eigenvalue weighted by atomic mass is 16.2. The zero-order valence-corrected chi connectivity index (χ0v) is 7.10. The predicted octanol–water partition coefficient (Wildman–Crippen LogP) is -0.353. The standard InChI is InChI=1S/C7H14N2O2/c1-5(9-6(2)10)4-7(11)8-3/h5H,4H2,1-3H3,(H,8,11)(H,9,10)/t5-/m1/s1. The summed E-state index contributed by atoms with van der Waals surface area (Å²) in [6, 6.07) is -0.0903. The summed E-state index contributed by atoms with van der Waals surface area (Å²) in [7, 11) is 1.57. The van der Waals surface area contributed by atoms with Gasteiger partial charge in [0.1, 0.15) is 0 Å². The molecule has 64 valence electrons. The minimum absolute atomic E-state index is 0.0637. The van der Waals surface area contributed by atoms with Crippen LogP contribution in [-0.2, 0) is 9.59 Å². The van der Waals surface area contributed by atoms with Crippen molar-refractivity contribution in [1.29, 1.82) is 0 Å². The number of rotatable bonds is 3. The summed E-state index contributed by atoms with van der Waals surface area (Å²) in [5.74, 6) is -0.173. The van der Waals surface area contributed by atoms with Gasteiger partial charge in [-0.05, 0) is 6.92 Å². The topological polar surface area (TPSA) is 58.2 Å². The molecule has 4 nitrogen and oxygen atoms in total. The van der Waals surface area contributed by atoms with Crippen molar-refractivity contribution < 1.29 is 9.59 Å². The maximum absolute atomic E-state index is 10.7. The Morgan fingerprint density at radius 1 is 1.45 bits per heavy atom. The van der Waals surface area contributed by atoms with Crippen molar-refractivity contribution in [2.45, 2.75) is 26.3 Å². The van der Waals surface area contributed by atoms with Crippen LogP contribution in [0.25, 0.3) is 0 Å². The molecule has 0 spiro atoms. The molecule has 0 unspecified atom stereocenters. The SMILES string of the molecule is CNC(=O)C[C@@H](C)NC(C)=O. The summed E-state index contributed by atoms with van der Waals surface area (Å²) in [5.41, 5.74) is 0. The first-order valence-electron chi connectivity index (χ1n) is 3.54. The Morgan fingerprint density at radius 2 is 2.00 bits per heavy atom.